The number of nitrogens with zero attached hydrogens (tertiary/aromatic N) is 7. The maximum absolute atomic E-state index is 13.7. The molecule has 1 aliphatic carbocycles. The normalized spacial score (nSPS) is 22.3. The number of likely N-dealkylation sites (tertiary alicyclic amines) is 1. The quantitative estimate of drug-likeness (QED) is 0.160. The van der Waals surface area contributed by atoms with E-state index in [1.807, 2.05) is 48.7 Å². The topological polar surface area (TPSA) is 149 Å². The van der Waals surface area contributed by atoms with Crippen molar-refractivity contribution in [3.8, 4) is 11.8 Å². The van der Waals surface area contributed by atoms with E-state index < -0.39 is 0 Å². The van der Waals surface area contributed by atoms with Crippen LogP contribution < -0.4 is 25.2 Å². The number of amides is 4. The molecule has 13 nitrogen and oxygen atoms in total. The molecule has 1 saturated carbocycles. The Morgan fingerprint density at radius 3 is 2.37 bits per heavy atom. The molecule has 0 radical (unpaired) electrons. The number of hydrogen-bond acceptors (Lipinski definition) is 9. The van der Waals surface area contributed by atoms with Gasteiger partial charge in [0.05, 0.1) is 34.5 Å². The molecule has 60 heavy (non-hydrogen) atoms. The van der Waals surface area contributed by atoms with Crippen LogP contribution in [0.2, 0.25) is 0 Å². The number of aromatic nitrogens is 3. The number of piperidine rings is 2. The van der Waals surface area contributed by atoms with Gasteiger partial charge in [-0.3, -0.25) is 29.5 Å². The van der Waals surface area contributed by atoms with Crippen molar-refractivity contribution in [2.24, 2.45) is 16.7 Å². The molecule has 3 saturated heterocycles. The van der Waals surface area contributed by atoms with Gasteiger partial charge >= 0.3 is 6.03 Å². The van der Waals surface area contributed by atoms with E-state index in [1.54, 1.807) is 17.2 Å². The average Bonchev–Trinajstić information content (AvgIpc) is 3.70. The van der Waals surface area contributed by atoms with Gasteiger partial charge in [0.2, 0.25) is 5.91 Å². The molecule has 13 heteroatoms. The Hall–Kier alpha value is -6.00. The number of imide groups is 1. The summed E-state index contributed by atoms with van der Waals surface area (Å²) in [7, 11) is 0. The lowest BCUT2D eigenvalue weighted by atomic mass is 9.49. The Morgan fingerprint density at radius 1 is 0.900 bits per heavy atom. The zero-order valence-electron chi connectivity index (χ0n) is 34.9. The van der Waals surface area contributed by atoms with Gasteiger partial charge in [-0.05, 0) is 92.3 Å². The molecule has 2 aromatic heterocycles. The molecule has 0 unspecified atom stereocenters. The number of pyridine rings is 1. The minimum absolute atomic E-state index is 0.0858. The number of ether oxygens (including phenoxy) is 1. The van der Waals surface area contributed by atoms with Gasteiger partial charge in [0.1, 0.15) is 17.9 Å². The van der Waals surface area contributed by atoms with Crippen LogP contribution in [0.4, 0.5) is 16.2 Å². The molecule has 4 fully saturated rings. The van der Waals surface area contributed by atoms with Crippen LogP contribution >= 0.6 is 0 Å². The predicted octanol–water partition coefficient (Wildman–Crippen LogP) is 7.07. The van der Waals surface area contributed by atoms with E-state index in [0.29, 0.717) is 47.3 Å². The monoisotopic (exact) mass is 807 g/mol. The molecule has 0 atom stereocenters. The second-order valence-electron chi connectivity index (χ2n) is 18.2. The molecule has 3 aliphatic heterocycles. The third-order valence-corrected chi connectivity index (χ3v) is 13.7. The number of carbonyl (C=O) groups excluding carboxylic acids is 3. The van der Waals surface area contributed by atoms with Crippen LogP contribution in [-0.4, -0.2) is 88.9 Å². The van der Waals surface area contributed by atoms with Crippen LogP contribution in [0.5, 0.6) is 5.75 Å². The van der Waals surface area contributed by atoms with Gasteiger partial charge < -0.3 is 19.9 Å². The Kier molecular flexibility index (Phi) is 10.2. The van der Waals surface area contributed by atoms with E-state index in [0.717, 1.165) is 86.1 Å². The third-order valence-electron chi connectivity index (χ3n) is 13.7. The molecule has 0 bridgehead atoms. The van der Waals surface area contributed by atoms with Gasteiger partial charge in [-0.1, -0.05) is 33.8 Å². The summed E-state index contributed by atoms with van der Waals surface area (Å²) in [5.41, 5.74) is 4.06. The molecule has 5 heterocycles. The first-order chi connectivity index (χ1) is 28.9. The van der Waals surface area contributed by atoms with Crippen molar-refractivity contribution in [3.63, 3.8) is 0 Å². The van der Waals surface area contributed by atoms with Gasteiger partial charge in [0.25, 0.3) is 5.91 Å². The summed E-state index contributed by atoms with van der Waals surface area (Å²) < 4.78 is 8.80. The average molecular weight is 808 g/mol. The lowest BCUT2D eigenvalue weighted by Crippen LogP contribution is -2.74. The molecule has 5 aromatic rings. The number of fused-ring (bicyclic) bond motifs is 2. The smallest absolute Gasteiger partial charge is 0.328 e. The van der Waals surface area contributed by atoms with E-state index in [1.165, 1.54) is 0 Å². The molecule has 0 spiro atoms. The van der Waals surface area contributed by atoms with Gasteiger partial charge in [0.15, 0.2) is 0 Å². The zero-order chi connectivity index (χ0) is 41.8. The summed E-state index contributed by atoms with van der Waals surface area (Å²) >= 11 is 0. The van der Waals surface area contributed by atoms with Crippen LogP contribution in [0.15, 0.2) is 79.1 Å². The lowest BCUT2D eigenvalue weighted by molar-refractivity contribution is -0.163. The number of nitrogens with one attached hydrogen (secondary N) is 2. The van der Waals surface area contributed by atoms with E-state index in [-0.39, 0.29) is 40.8 Å². The molecule has 310 valence electrons. The van der Waals surface area contributed by atoms with Crippen molar-refractivity contribution in [3.05, 3.63) is 90.3 Å². The Morgan fingerprint density at radius 2 is 1.65 bits per heavy atom. The number of hydrogen-bond donors (Lipinski definition) is 2. The minimum Gasteiger partial charge on any atom is -0.488 e. The summed E-state index contributed by atoms with van der Waals surface area (Å²) in [6.45, 7) is 14.1. The van der Waals surface area contributed by atoms with Crippen molar-refractivity contribution in [2.45, 2.75) is 78.0 Å². The molecule has 3 aromatic carbocycles. The number of anilines is 2. The highest BCUT2D eigenvalue weighted by Crippen LogP contribution is 2.56. The van der Waals surface area contributed by atoms with Gasteiger partial charge in [-0.15, -0.1) is 0 Å². The van der Waals surface area contributed by atoms with Crippen molar-refractivity contribution in [1.82, 2.24) is 30.3 Å². The second kappa shape index (κ2) is 15.6. The number of urea groups is 1. The summed E-state index contributed by atoms with van der Waals surface area (Å²) in [5.74, 6) is 1.02. The van der Waals surface area contributed by atoms with Crippen molar-refractivity contribution in [2.75, 3.05) is 49.1 Å². The highest BCUT2D eigenvalue weighted by molar-refractivity contribution is 6.09. The van der Waals surface area contributed by atoms with Crippen LogP contribution in [0.1, 0.15) is 81.8 Å². The first-order valence-corrected chi connectivity index (χ1v) is 21.3. The van der Waals surface area contributed by atoms with Crippen LogP contribution in [0, 0.1) is 28.1 Å². The third kappa shape index (κ3) is 7.10. The molecular weight excluding hydrogens is 755 g/mol. The second-order valence-corrected chi connectivity index (χ2v) is 18.2. The first-order valence-electron chi connectivity index (χ1n) is 21.3. The van der Waals surface area contributed by atoms with Crippen molar-refractivity contribution < 1.29 is 19.1 Å². The van der Waals surface area contributed by atoms with E-state index in [2.05, 4.69) is 82.1 Å². The molecular formula is C47H53N9O4. The fraction of sp³-hybridized carbons (Fsp3) is 0.447. The SMILES string of the molecule is CC1(C)C(NC(=O)c2ccc(N3CCC(CN4CCC(n5ncc6c(N7CCC(=O)NC7=O)cccc65)CC4)CC3)cc2)C(C)(C)C1Oc1ccc(C#N)c2ncccc12. The van der Waals surface area contributed by atoms with Crippen LogP contribution in [0.25, 0.3) is 21.8 Å². The number of rotatable bonds is 9. The molecule has 9 rings (SSSR count). The van der Waals surface area contributed by atoms with E-state index in [4.69, 9.17) is 9.84 Å². The van der Waals surface area contributed by atoms with Gasteiger partial charge in [-0.2, -0.15) is 10.4 Å². The zero-order valence-corrected chi connectivity index (χ0v) is 34.9. The van der Waals surface area contributed by atoms with Crippen LogP contribution in [-0.2, 0) is 4.79 Å². The number of benzene rings is 3. The van der Waals surface area contributed by atoms with E-state index in [9.17, 15) is 19.6 Å². The van der Waals surface area contributed by atoms with Crippen LogP contribution in [0.3, 0.4) is 0 Å². The Bertz CT molecular complexity index is 2470. The van der Waals surface area contributed by atoms with E-state index >= 15 is 0 Å². The first kappa shape index (κ1) is 39.5. The largest absolute Gasteiger partial charge is 0.488 e. The molecule has 2 N–H and O–H groups in total. The maximum atomic E-state index is 13.7. The fourth-order valence-electron chi connectivity index (χ4n) is 10.8. The standard InChI is InChI=1S/C47H53N9O4/c1-46(2)43(47(3,4)44(46)60-39-15-12-32(27-48)41-35(39)7-6-21-49-41)52-42(58)31-10-13-33(14-11-31)54-24-16-30(17-25-54)29-53-22-18-34(19-23-53)56-38-9-5-8-37(36(38)28-50-56)55-26-20-40(57)51-45(55)59/h5-15,21,28,30,34,43-44H,16-20,22-26,29H2,1-4H3,(H,52,58)(H,51,57,59). The van der Waals surface area contributed by atoms with Crippen molar-refractivity contribution >= 4 is 51.0 Å². The summed E-state index contributed by atoms with van der Waals surface area (Å²) in [5, 5.41) is 21.9. The van der Waals surface area contributed by atoms with Gasteiger partial charge in [0, 0.05) is 90.8 Å². The molecule has 4 amide bonds. The lowest BCUT2D eigenvalue weighted by Gasteiger charge is -2.63. The summed E-state index contributed by atoms with van der Waals surface area (Å²) in [6.07, 6.45) is 7.98. The Balaban J connectivity index is 0.751. The molecule has 4 aliphatic rings. The van der Waals surface area contributed by atoms with Crippen molar-refractivity contribution in [1.29, 1.82) is 5.26 Å². The highest BCUT2D eigenvalue weighted by Gasteiger charge is 2.64. The number of carbonyl (C=O) groups is 3. The van der Waals surface area contributed by atoms with Gasteiger partial charge in [-0.25, -0.2) is 4.79 Å². The highest BCUT2D eigenvalue weighted by atomic mass is 16.5. The fourth-order valence-corrected chi connectivity index (χ4v) is 10.8. The maximum Gasteiger partial charge on any atom is 0.328 e. The number of nitriles is 1. The Labute approximate surface area is 350 Å². The minimum atomic E-state index is -0.377. The predicted molar refractivity (Wildman–Crippen MR) is 231 cm³/mol. The summed E-state index contributed by atoms with van der Waals surface area (Å²) in [6, 6.07) is 23.4. The summed E-state index contributed by atoms with van der Waals surface area (Å²) in [4.78, 5) is 49.1.